The molecule has 0 heterocycles. The van der Waals surface area contributed by atoms with Gasteiger partial charge in [0.25, 0.3) is 0 Å². The Morgan fingerprint density at radius 3 is 2.08 bits per heavy atom. The van der Waals surface area contributed by atoms with Crippen LogP contribution in [0.25, 0.3) is 0 Å². The molecule has 0 unspecified atom stereocenters. The maximum absolute atomic E-state index is 12.3. The molecule has 4 heteroatoms. The van der Waals surface area contributed by atoms with E-state index in [1.165, 1.54) is 0 Å². The highest BCUT2D eigenvalue weighted by Crippen LogP contribution is 2.22. The van der Waals surface area contributed by atoms with Gasteiger partial charge in [-0.15, -0.1) is 0 Å². The molecule has 3 aromatic carbocycles. The van der Waals surface area contributed by atoms with E-state index in [2.05, 4.69) is 5.32 Å². The Balaban J connectivity index is 1.47. The topological polar surface area (TPSA) is 41.6 Å². The first-order valence-corrected chi connectivity index (χ1v) is 8.61. The fraction of sp³-hybridized carbons (Fsp3) is 0.136. The third-order valence-corrected chi connectivity index (χ3v) is 4.02. The fourth-order valence-electron chi connectivity index (χ4n) is 2.54. The molecule has 0 aliphatic rings. The van der Waals surface area contributed by atoms with Crippen LogP contribution in [-0.4, -0.2) is 19.5 Å². The molecule has 0 radical (unpaired) electrons. The number of carbonyl (C=O) groups excluding carboxylic acids is 1. The van der Waals surface area contributed by atoms with Crippen molar-refractivity contribution in [2.75, 3.05) is 23.8 Å². The number of carbonyl (C=O) groups is 1. The molecule has 132 valence electrons. The first kappa shape index (κ1) is 17.5. The number of hydrogen-bond donors (Lipinski definition) is 1. The van der Waals surface area contributed by atoms with Crippen LogP contribution in [-0.2, 0) is 4.79 Å². The molecule has 1 N–H and O–H groups in total. The monoisotopic (exact) mass is 346 g/mol. The van der Waals surface area contributed by atoms with Gasteiger partial charge in [-0.05, 0) is 48.5 Å². The van der Waals surface area contributed by atoms with Crippen molar-refractivity contribution < 1.29 is 9.53 Å². The Morgan fingerprint density at radius 1 is 0.846 bits per heavy atom. The lowest BCUT2D eigenvalue weighted by Gasteiger charge is -2.17. The van der Waals surface area contributed by atoms with Crippen molar-refractivity contribution >= 4 is 17.3 Å². The molecule has 0 aliphatic heterocycles. The van der Waals surface area contributed by atoms with Crippen molar-refractivity contribution in [3.63, 3.8) is 0 Å². The van der Waals surface area contributed by atoms with E-state index in [1.807, 2.05) is 84.9 Å². The molecule has 26 heavy (non-hydrogen) atoms. The maximum Gasteiger partial charge on any atom is 0.228 e. The number of nitrogens with one attached hydrogen (secondary N) is 1. The lowest BCUT2D eigenvalue weighted by atomic mass is 10.2. The summed E-state index contributed by atoms with van der Waals surface area (Å²) in [5.41, 5.74) is 1.86. The number of para-hydroxylation sites is 2. The van der Waals surface area contributed by atoms with Crippen molar-refractivity contribution in [1.29, 1.82) is 0 Å². The second-order valence-electron chi connectivity index (χ2n) is 5.90. The molecule has 0 fully saturated rings. The summed E-state index contributed by atoms with van der Waals surface area (Å²) in [5.74, 6) is 1.66. The molecule has 0 aromatic heterocycles. The van der Waals surface area contributed by atoms with Crippen molar-refractivity contribution in [2.24, 2.45) is 0 Å². The lowest BCUT2D eigenvalue weighted by Crippen LogP contribution is -2.27. The van der Waals surface area contributed by atoms with E-state index < -0.39 is 0 Å². The molecule has 3 rings (SSSR count). The number of ether oxygens (including phenoxy) is 1. The molecular weight excluding hydrogens is 324 g/mol. The van der Waals surface area contributed by atoms with Crippen LogP contribution in [0.3, 0.4) is 0 Å². The zero-order chi connectivity index (χ0) is 18.2. The van der Waals surface area contributed by atoms with Crippen LogP contribution in [0.2, 0.25) is 0 Å². The Kier molecular flexibility index (Phi) is 5.88. The number of rotatable bonds is 7. The average Bonchev–Trinajstić information content (AvgIpc) is 2.70. The van der Waals surface area contributed by atoms with E-state index in [9.17, 15) is 4.79 Å². The van der Waals surface area contributed by atoms with E-state index in [1.54, 1.807) is 11.9 Å². The molecule has 0 aliphatic carbocycles. The fourth-order valence-corrected chi connectivity index (χ4v) is 2.54. The highest BCUT2D eigenvalue weighted by Gasteiger charge is 2.09. The smallest absolute Gasteiger partial charge is 0.228 e. The summed E-state index contributed by atoms with van der Waals surface area (Å²) >= 11 is 0. The van der Waals surface area contributed by atoms with Gasteiger partial charge in [0, 0.05) is 31.4 Å². The maximum atomic E-state index is 12.3. The SMILES string of the molecule is CN(C(=O)CCNc1ccc(Oc2ccccc2)cc1)c1ccccc1. The number of amides is 1. The third kappa shape index (κ3) is 4.86. The van der Waals surface area contributed by atoms with E-state index in [0.29, 0.717) is 13.0 Å². The van der Waals surface area contributed by atoms with Crippen LogP contribution in [0.15, 0.2) is 84.9 Å². The minimum absolute atomic E-state index is 0.0766. The zero-order valence-corrected chi connectivity index (χ0v) is 14.8. The number of benzene rings is 3. The predicted octanol–water partition coefficient (Wildman–Crippen LogP) is 4.94. The zero-order valence-electron chi connectivity index (χ0n) is 14.8. The average molecular weight is 346 g/mol. The van der Waals surface area contributed by atoms with Gasteiger partial charge < -0.3 is 15.0 Å². The summed E-state index contributed by atoms with van der Waals surface area (Å²) in [6.45, 7) is 0.578. The van der Waals surface area contributed by atoms with Gasteiger partial charge >= 0.3 is 0 Å². The van der Waals surface area contributed by atoms with E-state index in [-0.39, 0.29) is 5.91 Å². The second-order valence-corrected chi connectivity index (χ2v) is 5.90. The van der Waals surface area contributed by atoms with Crippen molar-refractivity contribution in [3.05, 3.63) is 84.9 Å². The molecule has 0 saturated heterocycles. The van der Waals surface area contributed by atoms with Crippen molar-refractivity contribution in [1.82, 2.24) is 0 Å². The summed E-state index contributed by atoms with van der Waals surface area (Å²) in [4.78, 5) is 13.9. The predicted molar refractivity (Wildman–Crippen MR) is 106 cm³/mol. The molecule has 0 bridgehead atoms. The summed E-state index contributed by atoms with van der Waals surface area (Å²) in [5, 5.41) is 3.27. The molecule has 4 nitrogen and oxygen atoms in total. The van der Waals surface area contributed by atoms with Gasteiger partial charge in [0.15, 0.2) is 0 Å². The second kappa shape index (κ2) is 8.72. The number of hydrogen-bond acceptors (Lipinski definition) is 3. The van der Waals surface area contributed by atoms with Crippen molar-refractivity contribution in [2.45, 2.75) is 6.42 Å². The summed E-state index contributed by atoms with van der Waals surface area (Å²) in [6.07, 6.45) is 0.424. The van der Waals surface area contributed by atoms with Gasteiger partial charge in [0.05, 0.1) is 0 Å². The van der Waals surface area contributed by atoms with Gasteiger partial charge in [0.2, 0.25) is 5.91 Å². The lowest BCUT2D eigenvalue weighted by molar-refractivity contribution is -0.118. The van der Waals surface area contributed by atoms with Crippen LogP contribution >= 0.6 is 0 Å². The van der Waals surface area contributed by atoms with Gasteiger partial charge in [0.1, 0.15) is 11.5 Å². The number of anilines is 2. The first-order valence-electron chi connectivity index (χ1n) is 8.61. The number of nitrogens with zero attached hydrogens (tertiary/aromatic N) is 1. The largest absolute Gasteiger partial charge is 0.457 e. The molecule has 3 aromatic rings. The quantitative estimate of drug-likeness (QED) is 0.658. The standard InChI is InChI=1S/C22H22N2O2/c1-24(19-8-4-2-5-9-19)22(25)16-17-23-18-12-14-21(15-13-18)26-20-10-6-3-7-11-20/h2-15,23H,16-17H2,1H3. The molecule has 1 amide bonds. The van der Waals surface area contributed by atoms with Gasteiger partial charge in [-0.25, -0.2) is 0 Å². The first-order chi connectivity index (χ1) is 12.7. The molecule has 0 saturated carbocycles. The van der Waals surface area contributed by atoms with Crippen LogP contribution < -0.4 is 15.0 Å². The molecule has 0 atom stereocenters. The normalized spacial score (nSPS) is 10.2. The molecular formula is C22H22N2O2. The highest BCUT2D eigenvalue weighted by molar-refractivity contribution is 5.93. The van der Waals surface area contributed by atoms with Crippen LogP contribution in [0, 0.1) is 0 Å². The van der Waals surface area contributed by atoms with E-state index in [4.69, 9.17) is 4.74 Å². The summed E-state index contributed by atoms with van der Waals surface area (Å²) in [7, 11) is 1.80. The summed E-state index contributed by atoms with van der Waals surface area (Å²) < 4.78 is 5.77. The highest BCUT2D eigenvalue weighted by atomic mass is 16.5. The minimum atomic E-state index is 0.0766. The Morgan fingerprint density at radius 2 is 1.42 bits per heavy atom. The minimum Gasteiger partial charge on any atom is -0.457 e. The summed E-state index contributed by atoms with van der Waals surface area (Å²) in [6, 6.07) is 27.0. The van der Waals surface area contributed by atoms with Gasteiger partial charge in [-0.1, -0.05) is 36.4 Å². The van der Waals surface area contributed by atoms with Gasteiger partial charge in [-0.2, -0.15) is 0 Å². The van der Waals surface area contributed by atoms with Crippen LogP contribution in [0.1, 0.15) is 6.42 Å². The van der Waals surface area contributed by atoms with Crippen LogP contribution in [0.5, 0.6) is 11.5 Å². The van der Waals surface area contributed by atoms with E-state index >= 15 is 0 Å². The third-order valence-electron chi connectivity index (χ3n) is 4.02. The Labute approximate surface area is 154 Å². The van der Waals surface area contributed by atoms with Gasteiger partial charge in [-0.3, -0.25) is 4.79 Å². The Hall–Kier alpha value is -3.27. The van der Waals surface area contributed by atoms with Crippen molar-refractivity contribution in [3.8, 4) is 11.5 Å². The molecule has 0 spiro atoms. The van der Waals surface area contributed by atoms with Crippen LogP contribution in [0.4, 0.5) is 11.4 Å². The van der Waals surface area contributed by atoms with E-state index in [0.717, 1.165) is 22.9 Å². The Bertz CT molecular complexity index is 818.